The maximum Gasteiger partial charge on any atom is 0.257 e. The quantitative estimate of drug-likeness (QED) is 0.671. The zero-order chi connectivity index (χ0) is 19.4. The van der Waals surface area contributed by atoms with E-state index in [1.54, 1.807) is 24.3 Å². The molecular formula is C21H26N2O3S. The van der Waals surface area contributed by atoms with Crippen molar-refractivity contribution in [2.24, 2.45) is 5.41 Å². The molecule has 1 amide bonds. The number of aromatic nitrogens is 1. The number of hydrogen-bond donors (Lipinski definition) is 1. The fraction of sp³-hybridized carbons (Fsp3) is 0.476. The Balaban J connectivity index is 1.62. The SMILES string of the molecule is CCCCCOc1ccc(C(=O)Nc2nc3c(s2)C(=O)CC(C)(C)C3)cc1. The molecule has 1 heterocycles. The van der Waals surface area contributed by atoms with Crippen molar-refractivity contribution in [3.05, 3.63) is 40.4 Å². The first-order chi connectivity index (χ1) is 12.9. The summed E-state index contributed by atoms with van der Waals surface area (Å²) in [5, 5.41) is 3.30. The predicted molar refractivity (Wildman–Crippen MR) is 108 cm³/mol. The summed E-state index contributed by atoms with van der Waals surface area (Å²) in [4.78, 5) is 29.9. The second-order valence-electron chi connectivity index (χ2n) is 7.77. The van der Waals surface area contributed by atoms with Gasteiger partial charge in [-0.3, -0.25) is 14.9 Å². The second kappa shape index (κ2) is 8.21. The lowest BCUT2D eigenvalue weighted by atomic mass is 9.78. The molecule has 144 valence electrons. The normalized spacial score (nSPS) is 15.3. The molecule has 27 heavy (non-hydrogen) atoms. The van der Waals surface area contributed by atoms with E-state index in [0.717, 1.165) is 37.1 Å². The molecule has 0 aliphatic heterocycles. The van der Waals surface area contributed by atoms with Gasteiger partial charge in [0.15, 0.2) is 10.9 Å². The average molecular weight is 387 g/mol. The van der Waals surface area contributed by atoms with Crippen LogP contribution in [0.15, 0.2) is 24.3 Å². The topological polar surface area (TPSA) is 68.3 Å². The van der Waals surface area contributed by atoms with E-state index in [1.165, 1.54) is 11.3 Å². The molecule has 1 aliphatic carbocycles. The molecule has 0 saturated carbocycles. The summed E-state index contributed by atoms with van der Waals surface area (Å²) in [5.74, 6) is 0.648. The van der Waals surface area contributed by atoms with E-state index in [-0.39, 0.29) is 17.1 Å². The molecular weight excluding hydrogens is 360 g/mol. The van der Waals surface area contributed by atoms with E-state index in [9.17, 15) is 9.59 Å². The molecule has 1 aliphatic rings. The third-order valence-corrected chi connectivity index (χ3v) is 5.64. The molecule has 0 spiro atoms. The molecule has 1 aromatic heterocycles. The number of unbranched alkanes of at least 4 members (excludes halogenated alkanes) is 2. The van der Waals surface area contributed by atoms with Gasteiger partial charge in [-0.15, -0.1) is 0 Å². The molecule has 0 fully saturated rings. The minimum atomic E-state index is -0.231. The first-order valence-corrected chi connectivity index (χ1v) is 10.3. The van der Waals surface area contributed by atoms with Gasteiger partial charge in [0.1, 0.15) is 5.75 Å². The number of carbonyl (C=O) groups is 2. The molecule has 3 rings (SSSR count). The van der Waals surface area contributed by atoms with Gasteiger partial charge in [-0.2, -0.15) is 0 Å². The van der Waals surface area contributed by atoms with E-state index >= 15 is 0 Å². The summed E-state index contributed by atoms with van der Waals surface area (Å²) >= 11 is 1.27. The summed E-state index contributed by atoms with van der Waals surface area (Å²) in [6.07, 6.45) is 4.62. The van der Waals surface area contributed by atoms with Crippen molar-refractivity contribution in [3.8, 4) is 5.75 Å². The summed E-state index contributed by atoms with van der Waals surface area (Å²) in [6.45, 7) is 6.98. The Bertz CT molecular complexity index is 824. The van der Waals surface area contributed by atoms with E-state index < -0.39 is 0 Å². The van der Waals surface area contributed by atoms with Crippen LogP contribution in [0.25, 0.3) is 0 Å². The van der Waals surface area contributed by atoms with Crippen molar-refractivity contribution >= 4 is 28.2 Å². The Labute approximate surface area is 164 Å². The van der Waals surface area contributed by atoms with Crippen molar-refractivity contribution in [1.82, 2.24) is 4.98 Å². The summed E-state index contributed by atoms with van der Waals surface area (Å²) in [7, 11) is 0. The molecule has 2 aromatic rings. The highest BCUT2D eigenvalue weighted by Gasteiger charge is 2.34. The molecule has 1 N–H and O–H groups in total. The van der Waals surface area contributed by atoms with Crippen LogP contribution in [0.4, 0.5) is 5.13 Å². The number of ketones is 1. The van der Waals surface area contributed by atoms with Crippen LogP contribution >= 0.6 is 11.3 Å². The number of Topliss-reactive ketones (excluding diaryl/α,β-unsaturated/α-hetero) is 1. The standard InChI is InChI=1S/C21H26N2O3S/c1-4-5-6-11-26-15-9-7-14(8-10-15)19(25)23-20-22-16-12-21(2,3)13-17(24)18(16)27-20/h7-10H,4-6,11-13H2,1-3H3,(H,22,23,25). The minimum Gasteiger partial charge on any atom is -0.494 e. The van der Waals surface area contributed by atoms with Gasteiger partial charge in [0.2, 0.25) is 0 Å². The van der Waals surface area contributed by atoms with Gasteiger partial charge >= 0.3 is 0 Å². The third-order valence-electron chi connectivity index (χ3n) is 4.59. The first kappa shape index (κ1) is 19.5. The number of nitrogens with zero attached hydrogens (tertiary/aromatic N) is 1. The van der Waals surface area contributed by atoms with Gasteiger partial charge in [-0.25, -0.2) is 4.98 Å². The highest BCUT2D eigenvalue weighted by atomic mass is 32.1. The maximum absolute atomic E-state index is 12.5. The maximum atomic E-state index is 12.5. The van der Waals surface area contributed by atoms with Gasteiger partial charge in [-0.05, 0) is 42.5 Å². The van der Waals surface area contributed by atoms with Gasteiger partial charge in [0.05, 0.1) is 17.2 Å². The van der Waals surface area contributed by atoms with Crippen LogP contribution in [0.1, 0.15) is 72.2 Å². The Morgan fingerprint density at radius 2 is 1.96 bits per heavy atom. The van der Waals surface area contributed by atoms with E-state index in [4.69, 9.17) is 4.74 Å². The molecule has 0 saturated heterocycles. The zero-order valence-electron chi connectivity index (χ0n) is 16.1. The van der Waals surface area contributed by atoms with Crippen LogP contribution in [0.3, 0.4) is 0 Å². The monoisotopic (exact) mass is 386 g/mol. The van der Waals surface area contributed by atoms with Crippen molar-refractivity contribution < 1.29 is 14.3 Å². The van der Waals surface area contributed by atoms with Gasteiger partial charge < -0.3 is 4.74 Å². The number of fused-ring (bicyclic) bond motifs is 1. The molecule has 0 unspecified atom stereocenters. The number of hydrogen-bond acceptors (Lipinski definition) is 5. The van der Waals surface area contributed by atoms with Gasteiger partial charge in [0, 0.05) is 12.0 Å². The molecule has 0 radical (unpaired) electrons. The number of rotatable bonds is 7. The van der Waals surface area contributed by atoms with Crippen LogP contribution in [-0.4, -0.2) is 23.3 Å². The lowest BCUT2D eigenvalue weighted by Gasteiger charge is -2.26. The minimum absolute atomic E-state index is 0.0770. The lowest BCUT2D eigenvalue weighted by Crippen LogP contribution is -2.26. The number of benzene rings is 1. The summed E-state index contributed by atoms with van der Waals surface area (Å²) in [6, 6.07) is 7.10. The smallest absolute Gasteiger partial charge is 0.257 e. The van der Waals surface area contributed by atoms with Crippen LogP contribution < -0.4 is 10.1 Å². The molecule has 0 atom stereocenters. The van der Waals surface area contributed by atoms with E-state index in [0.29, 0.717) is 28.6 Å². The Morgan fingerprint density at radius 3 is 2.67 bits per heavy atom. The fourth-order valence-electron chi connectivity index (χ4n) is 3.19. The molecule has 1 aromatic carbocycles. The number of thiazole rings is 1. The Kier molecular flexibility index (Phi) is 5.95. The van der Waals surface area contributed by atoms with Crippen molar-refractivity contribution in [1.29, 1.82) is 0 Å². The second-order valence-corrected chi connectivity index (χ2v) is 8.77. The molecule has 0 bridgehead atoms. The fourth-order valence-corrected chi connectivity index (χ4v) is 4.10. The van der Waals surface area contributed by atoms with E-state index in [2.05, 4.69) is 31.1 Å². The predicted octanol–water partition coefficient (Wildman–Crippen LogP) is 5.12. The summed E-state index contributed by atoms with van der Waals surface area (Å²) in [5.41, 5.74) is 1.26. The van der Waals surface area contributed by atoms with Crippen LogP contribution in [0.5, 0.6) is 5.75 Å². The Morgan fingerprint density at radius 1 is 1.22 bits per heavy atom. The van der Waals surface area contributed by atoms with Crippen LogP contribution in [-0.2, 0) is 6.42 Å². The Hall–Kier alpha value is -2.21. The number of ether oxygens (including phenoxy) is 1. The van der Waals surface area contributed by atoms with Crippen molar-refractivity contribution in [3.63, 3.8) is 0 Å². The van der Waals surface area contributed by atoms with Crippen LogP contribution in [0, 0.1) is 5.41 Å². The highest BCUT2D eigenvalue weighted by Crippen LogP contribution is 2.38. The largest absolute Gasteiger partial charge is 0.494 e. The molecule has 5 nitrogen and oxygen atoms in total. The third kappa shape index (κ3) is 4.95. The van der Waals surface area contributed by atoms with Crippen LogP contribution in [0.2, 0.25) is 0 Å². The average Bonchev–Trinajstić information content (AvgIpc) is 3.00. The molecule has 6 heteroatoms. The highest BCUT2D eigenvalue weighted by molar-refractivity contribution is 7.17. The summed E-state index contributed by atoms with van der Waals surface area (Å²) < 4.78 is 5.67. The van der Waals surface area contributed by atoms with E-state index in [1.807, 2.05) is 0 Å². The zero-order valence-corrected chi connectivity index (χ0v) is 16.9. The number of amides is 1. The van der Waals surface area contributed by atoms with Gasteiger partial charge in [-0.1, -0.05) is 44.9 Å². The lowest BCUT2D eigenvalue weighted by molar-refractivity contribution is 0.0915. The number of anilines is 1. The number of carbonyl (C=O) groups excluding carboxylic acids is 2. The van der Waals surface area contributed by atoms with Crippen molar-refractivity contribution in [2.75, 3.05) is 11.9 Å². The first-order valence-electron chi connectivity index (χ1n) is 9.45. The van der Waals surface area contributed by atoms with Gasteiger partial charge in [0.25, 0.3) is 5.91 Å². The van der Waals surface area contributed by atoms with Crippen molar-refractivity contribution in [2.45, 2.75) is 52.9 Å². The number of nitrogens with one attached hydrogen (secondary N) is 1.